The lowest BCUT2D eigenvalue weighted by Crippen LogP contribution is -2.11. The van der Waals surface area contributed by atoms with Crippen molar-refractivity contribution in [1.82, 2.24) is 4.98 Å². The molecule has 4 nitrogen and oxygen atoms in total. The number of phenolic OH excluding ortho intramolecular Hbond substituents is 1. The van der Waals surface area contributed by atoms with Crippen LogP contribution in [0.1, 0.15) is 16.5 Å². The van der Waals surface area contributed by atoms with Crippen molar-refractivity contribution in [2.75, 3.05) is 0 Å². The van der Waals surface area contributed by atoms with E-state index in [1.54, 1.807) is 29.8 Å². The fourth-order valence-electron chi connectivity index (χ4n) is 2.01. The summed E-state index contributed by atoms with van der Waals surface area (Å²) in [5.41, 5.74) is 0.764. The number of nitrogens with one attached hydrogen (secondary N) is 1. The van der Waals surface area contributed by atoms with E-state index in [2.05, 4.69) is 36.8 Å². The van der Waals surface area contributed by atoms with Crippen molar-refractivity contribution in [2.45, 2.75) is 5.92 Å². The monoisotopic (exact) mass is 458 g/mol. The molecule has 0 bridgehead atoms. The summed E-state index contributed by atoms with van der Waals surface area (Å²) in [5, 5.41) is 20.5. The highest BCUT2D eigenvalue weighted by atomic mass is 79.9. The number of ketones is 1. The molecule has 0 aliphatic carbocycles. The molecule has 1 atom stereocenters. The number of aromatic hydroxyl groups is 1. The molecule has 2 heterocycles. The number of halogens is 2. The Kier molecular flexibility index (Phi) is 4.54. The van der Waals surface area contributed by atoms with Gasteiger partial charge in [0.2, 0.25) is 0 Å². The van der Waals surface area contributed by atoms with E-state index in [4.69, 9.17) is 5.41 Å². The average molecular weight is 460 g/mol. The maximum Gasteiger partial charge on any atom is 0.186 e. The molecule has 8 heteroatoms. The van der Waals surface area contributed by atoms with Crippen molar-refractivity contribution >= 4 is 71.9 Å². The van der Waals surface area contributed by atoms with E-state index in [1.165, 1.54) is 11.3 Å². The molecule has 2 N–H and O–H groups in total. The van der Waals surface area contributed by atoms with Crippen molar-refractivity contribution in [1.29, 1.82) is 5.41 Å². The Bertz CT molecular complexity index is 780. The topological polar surface area (TPSA) is 74.0 Å². The van der Waals surface area contributed by atoms with Gasteiger partial charge in [-0.25, -0.2) is 4.98 Å². The largest absolute Gasteiger partial charge is 0.506 e. The molecule has 0 radical (unpaired) electrons. The number of rotatable bonds is 2. The van der Waals surface area contributed by atoms with Crippen molar-refractivity contribution in [3.63, 3.8) is 0 Å². The van der Waals surface area contributed by atoms with Gasteiger partial charge in [0.05, 0.1) is 18.9 Å². The van der Waals surface area contributed by atoms with E-state index < -0.39 is 5.92 Å². The SMILES string of the molecule is N=C1S/C(=C\c2cc(Br)c(O)c(Br)c2)C(=O)[C@@H]1c1nccs1. The summed E-state index contributed by atoms with van der Waals surface area (Å²) in [6.07, 6.45) is 3.37. The molecular weight excluding hydrogens is 452 g/mol. The average Bonchev–Trinajstić information content (AvgIpc) is 3.05. The molecule has 0 saturated carbocycles. The second-order valence-corrected chi connectivity index (χ2v) is 8.19. The highest BCUT2D eigenvalue weighted by Crippen LogP contribution is 2.42. The minimum absolute atomic E-state index is 0.106. The number of allylic oxidation sites excluding steroid dienone is 1. The Morgan fingerprint density at radius 3 is 2.59 bits per heavy atom. The first kappa shape index (κ1) is 15.9. The smallest absolute Gasteiger partial charge is 0.186 e. The Labute approximate surface area is 151 Å². The summed E-state index contributed by atoms with van der Waals surface area (Å²) >= 11 is 9.07. The molecule has 1 aliphatic heterocycles. The predicted molar refractivity (Wildman–Crippen MR) is 96.7 cm³/mol. The first-order valence-corrected chi connectivity index (χ1v) is 9.35. The van der Waals surface area contributed by atoms with E-state index in [0.29, 0.717) is 23.9 Å². The molecule has 0 amide bonds. The van der Waals surface area contributed by atoms with Crippen LogP contribution in [0.3, 0.4) is 0 Å². The van der Waals surface area contributed by atoms with Crippen LogP contribution in [0.15, 0.2) is 37.6 Å². The van der Waals surface area contributed by atoms with E-state index in [-0.39, 0.29) is 11.5 Å². The second kappa shape index (κ2) is 6.27. The van der Waals surface area contributed by atoms with Gasteiger partial charge < -0.3 is 5.11 Å². The van der Waals surface area contributed by atoms with Gasteiger partial charge in [0.15, 0.2) is 5.78 Å². The number of hydrogen-bond acceptors (Lipinski definition) is 6. The number of carbonyl (C=O) groups excluding carboxylic acids is 1. The number of thioether (sulfide) groups is 1. The van der Waals surface area contributed by atoms with E-state index >= 15 is 0 Å². The van der Waals surface area contributed by atoms with Crippen LogP contribution in [0, 0.1) is 5.41 Å². The molecule has 1 saturated heterocycles. The fourth-order valence-corrected chi connectivity index (χ4v) is 5.04. The second-order valence-electron chi connectivity index (χ2n) is 4.48. The van der Waals surface area contributed by atoms with Crippen LogP contribution in [-0.4, -0.2) is 20.9 Å². The van der Waals surface area contributed by atoms with Gasteiger partial charge >= 0.3 is 0 Å². The molecule has 3 rings (SSSR count). The summed E-state index contributed by atoms with van der Waals surface area (Å²) in [5.74, 6) is -0.577. The van der Waals surface area contributed by atoms with Gasteiger partial charge in [-0.2, -0.15) is 0 Å². The zero-order valence-corrected chi connectivity index (χ0v) is 15.6. The molecule has 1 aromatic heterocycles. The van der Waals surface area contributed by atoms with Crippen LogP contribution < -0.4 is 0 Å². The van der Waals surface area contributed by atoms with Crippen LogP contribution in [-0.2, 0) is 4.79 Å². The summed E-state index contributed by atoms with van der Waals surface area (Å²) in [6, 6.07) is 3.45. The van der Waals surface area contributed by atoms with E-state index in [1.807, 2.05) is 0 Å². The summed E-state index contributed by atoms with van der Waals surface area (Å²) in [6.45, 7) is 0. The zero-order valence-electron chi connectivity index (χ0n) is 10.8. The number of hydrogen-bond donors (Lipinski definition) is 2. The maximum absolute atomic E-state index is 12.5. The molecule has 0 spiro atoms. The summed E-state index contributed by atoms with van der Waals surface area (Å²) < 4.78 is 1.08. The molecule has 1 fully saturated rings. The molecule has 1 aromatic carbocycles. The maximum atomic E-state index is 12.5. The summed E-state index contributed by atoms with van der Waals surface area (Å²) in [7, 11) is 0. The molecule has 22 heavy (non-hydrogen) atoms. The third-order valence-corrected chi connectivity index (χ3v) is 6.07. The number of aromatic nitrogens is 1. The zero-order chi connectivity index (χ0) is 15.9. The lowest BCUT2D eigenvalue weighted by atomic mass is 10.1. The molecule has 112 valence electrons. The molecule has 0 unspecified atom stereocenters. The van der Waals surface area contributed by atoms with Gasteiger partial charge in [-0.1, -0.05) is 11.8 Å². The van der Waals surface area contributed by atoms with Crippen LogP contribution in [0.2, 0.25) is 0 Å². The van der Waals surface area contributed by atoms with Gasteiger partial charge in [-0.05, 0) is 55.6 Å². The number of nitrogens with zero attached hydrogens (tertiary/aromatic N) is 1. The lowest BCUT2D eigenvalue weighted by molar-refractivity contribution is -0.114. The van der Waals surface area contributed by atoms with Crippen LogP contribution >= 0.6 is 55.0 Å². The van der Waals surface area contributed by atoms with Gasteiger partial charge in [-0.3, -0.25) is 10.2 Å². The highest BCUT2D eigenvalue weighted by Gasteiger charge is 2.38. The normalized spacial score (nSPS) is 20.1. The van der Waals surface area contributed by atoms with Gasteiger partial charge in [-0.15, -0.1) is 11.3 Å². The Morgan fingerprint density at radius 1 is 1.32 bits per heavy atom. The van der Waals surface area contributed by atoms with Crippen molar-refractivity contribution in [2.24, 2.45) is 0 Å². The van der Waals surface area contributed by atoms with Gasteiger partial charge in [0, 0.05) is 11.6 Å². The van der Waals surface area contributed by atoms with E-state index in [9.17, 15) is 9.90 Å². The first-order chi connectivity index (χ1) is 10.5. The Balaban J connectivity index is 1.96. The molecule has 1 aliphatic rings. The fraction of sp³-hybridized carbons (Fsp3) is 0.0714. The number of Topliss-reactive ketones (excluding diaryl/α,β-unsaturated/α-hetero) is 1. The Morgan fingerprint density at radius 2 is 2.00 bits per heavy atom. The standard InChI is InChI=1S/C14H8Br2N2O2S2/c15-7-3-6(4-8(16)11(7)19)5-9-12(20)10(13(17)22-9)14-18-1-2-21-14/h1-5,10,17,19H/b9-5-,17-13?/t10-/m0/s1. The van der Waals surface area contributed by atoms with Gasteiger partial charge in [0.1, 0.15) is 16.7 Å². The predicted octanol–water partition coefficient (Wildman–Crippen LogP) is 4.79. The molecule has 2 aromatic rings. The number of carbonyl (C=O) groups is 1. The van der Waals surface area contributed by atoms with Crippen molar-refractivity contribution < 1.29 is 9.90 Å². The minimum Gasteiger partial charge on any atom is -0.506 e. The van der Waals surface area contributed by atoms with Crippen LogP contribution in [0.25, 0.3) is 6.08 Å². The van der Waals surface area contributed by atoms with Crippen molar-refractivity contribution in [3.8, 4) is 5.75 Å². The van der Waals surface area contributed by atoms with Crippen LogP contribution in [0.4, 0.5) is 0 Å². The number of thiazole rings is 1. The van der Waals surface area contributed by atoms with Crippen molar-refractivity contribution in [3.05, 3.63) is 48.1 Å². The Hall–Kier alpha value is -0.960. The number of benzene rings is 1. The van der Waals surface area contributed by atoms with Gasteiger partial charge in [0.25, 0.3) is 0 Å². The molecular formula is C14H8Br2N2O2S2. The third kappa shape index (κ3) is 2.92. The third-order valence-electron chi connectivity index (χ3n) is 3.02. The highest BCUT2D eigenvalue weighted by molar-refractivity contribution is 9.11. The number of phenols is 1. The minimum atomic E-state index is -0.583. The quantitative estimate of drug-likeness (QED) is 0.633. The summed E-state index contributed by atoms with van der Waals surface area (Å²) in [4.78, 5) is 17.2. The van der Waals surface area contributed by atoms with Crippen LogP contribution in [0.5, 0.6) is 5.75 Å². The van der Waals surface area contributed by atoms with E-state index in [0.717, 1.165) is 17.3 Å². The first-order valence-electron chi connectivity index (χ1n) is 6.07. The lowest BCUT2D eigenvalue weighted by Gasteiger charge is -2.03.